The van der Waals surface area contributed by atoms with Crippen LogP contribution in [0.5, 0.6) is 0 Å². The predicted octanol–water partition coefficient (Wildman–Crippen LogP) is 0.203. The molecular formula is C2H4OV. The van der Waals surface area contributed by atoms with Crippen LogP contribution in [0.3, 0.4) is 0 Å². The zero-order chi connectivity index (χ0) is 2.71. The van der Waals surface area contributed by atoms with Gasteiger partial charge in [0.05, 0.1) is 0 Å². The fourth-order valence-corrected chi connectivity index (χ4v) is 0. The number of aldehydes is 1. The van der Waals surface area contributed by atoms with Crippen molar-refractivity contribution in [3.05, 3.63) is 0 Å². The molecule has 0 atom stereocenters. The fourth-order valence-electron chi connectivity index (χ4n) is 0. The van der Waals surface area contributed by atoms with Crippen molar-refractivity contribution in [3.63, 3.8) is 0 Å². The van der Waals surface area contributed by atoms with E-state index in [1.807, 2.05) is 0 Å². The van der Waals surface area contributed by atoms with E-state index in [1.165, 1.54) is 6.92 Å². The Labute approximate surface area is 37.3 Å². The van der Waals surface area contributed by atoms with Crippen molar-refractivity contribution in [1.82, 2.24) is 0 Å². The summed E-state index contributed by atoms with van der Waals surface area (Å²) in [4.78, 5) is 8.81. The monoisotopic (exact) mass is 95.0 g/mol. The SMILES string of the molecule is CC=O.[V]. The standard InChI is InChI=1S/C2H4O.V/c1-2-3;/h2H,1H3;. The molecule has 0 aliphatic rings. The van der Waals surface area contributed by atoms with E-state index in [0.29, 0.717) is 0 Å². The van der Waals surface area contributed by atoms with Gasteiger partial charge in [0.15, 0.2) is 0 Å². The first kappa shape index (κ1) is 8.87. The molecule has 23 valence electrons. The quantitative estimate of drug-likeness (QED) is 0.393. The summed E-state index contributed by atoms with van der Waals surface area (Å²) in [5, 5.41) is 0. The molecular weight excluding hydrogens is 91.0 g/mol. The number of hydrogen-bond acceptors (Lipinski definition) is 1. The van der Waals surface area contributed by atoms with Gasteiger partial charge in [-0.25, -0.2) is 0 Å². The minimum absolute atomic E-state index is 0. The van der Waals surface area contributed by atoms with Crippen molar-refractivity contribution in [2.75, 3.05) is 0 Å². The van der Waals surface area contributed by atoms with E-state index in [-0.39, 0.29) is 18.6 Å². The van der Waals surface area contributed by atoms with Gasteiger partial charge in [-0.2, -0.15) is 0 Å². The first-order valence-electron chi connectivity index (χ1n) is 0.813. The van der Waals surface area contributed by atoms with Gasteiger partial charge in [-0.05, 0) is 6.92 Å². The average molecular weight is 95.0 g/mol. The van der Waals surface area contributed by atoms with Gasteiger partial charge < -0.3 is 4.79 Å². The minimum Gasteiger partial charge on any atom is -0.304 e. The van der Waals surface area contributed by atoms with Crippen LogP contribution in [0.2, 0.25) is 0 Å². The number of rotatable bonds is 0. The molecule has 0 bridgehead atoms. The summed E-state index contributed by atoms with van der Waals surface area (Å²) in [6.07, 6.45) is 0.750. The summed E-state index contributed by atoms with van der Waals surface area (Å²) >= 11 is 0. The maximum absolute atomic E-state index is 8.81. The van der Waals surface area contributed by atoms with E-state index in [2.05, 4.69) is 0 Å². The van der Waals surface area contributed by atoms with E-state index < -0.39 is 0 Å². The van der Waals surface area contributed by atoms with E-state index in [1.54, 1.807) is 0 Å². The van der Waals surface area contributed by atoms with Crippen molar-refractivity contribution < 1.29 is 23.4 Å². The predicted molar refractivity (Wildman–Crippen MR) is 11.7 cm³/mol. The molecule has 4 heavy (non-hydrogen) atoms. The third-order valence-electron chi connectivity index (χ3n) is 0. The van der Waals surface area contributed by atoms with Crippen LogP contribution in [0.1, 0.15) is 6.92 Å². The summed E-state index contributed by atoms with van der Waals surface area (Å²) < 4.78 is 0. The van der Waals surface area contributed by atoms with Gasteiger partial charge >= 0.3 is 0 Å². The molecule has 0 N–H and O–H groups in total. The van der Waals surface area contributed by atoms with E-state index in [4.69, 9.17) is 4.79 Å². The van der Waals surface area contributed by atoms with Crippen molar-refractivity contribution >= 4 is 6.29 Å². The van der Waals surface area contributed by atoms with Crippen LogP contribution in [0.4, 0.5) is 0 Å². The molecule has 1 nitrogen and oxygen atoms in total. The topological polar surface area (TPSA) is 17.1 Å². The first-order chi connectivity index (χ1) is 1.41. The van der Waals surface area contributed by atoms with Crippen LogP contribution in [0.15, 0.2) is 0 Å². The van der Waals surface area contributed by atoms with Crippen LogP contribution < -0.4 is 0 Å². The molecule has 0 aromatic rings. The molecule has 0 heterocycles. The van der Waals surface area contributed by atoms with Crippen LogP contribution >= 0.6 is 0 Å². The van der Waals surface area contributed by atoms with Crippen molar-refractivity contribution in [2.45, 2.75) is 6.92 Å². The summed E-state index contributed by atoms with van der Waals surface area (Å²) in [6, 6.07) is 0. The van der Waals surface area contributed by atoms with Gasteiger partial charge in [-0.3, -0.25) is 0 Å². The zero-order valence-electron chi connectivity index (χ0n) is 2.43. The first-order valence-corrected chi connectivity index (χ1v) is 0.813. The third-order valence-corrected chi connectivity index (χ3v) is 0. The average Bonchev–Trinajstić information content (AvgIpc) is 0.918. The minimum atomic E-state index is 0. The maximum Gasteiger partial charge on any atom is 0.116 e. The summed E-state index contributed by atoms with van der Waals surface area (Å²) in [5.41, 5.74) is 0. The van der Waals surface area contributed by atoms with Gasteiger partial charge in [0.2, 0.25) is 0 Å². The molecule has 0 spiro atoms. The van der Waals surface area contributed by atoms with Gasteiger partial charge in [0, 0.05) is 18.6 Å². The molecule has 0 fully saturated rings. The van der Waals surface area contributed by atoms with E-state index >= 15 is 0 Å². The summed E-state index contributed by atoms with van der Waals surface area (Å²) in [6.45, 7) is 1.44. The van der Waals surface area contributed by atoms with Crippen molar-refractivity contribution in [3.8, 4) is 0 Å². The van der Waals surface area contributed by atoms with Crippen LogP contribution in [0, 0.1) is 0 Å². The molecule has 0 aliphatic carbocycles. The van der Waals surface area contributed by atoms with Gasteiger partial charge in [0.25, 0.3) is 0 Å². The second-order valence-corrected chi connectivity index (χ2v) is 0.236. The number of hydrogen-bond donors (Lipinski definition) is 0. The molecule has 0 aromatic carbocycles. The Hall–Kier alpha value is 0.254. The molecule has 0 aromatic heterocycles. The smallest absolute Gasteiger partial charge is 0.116 e. The molecule has 1 radical (unpaired) electrons. The summed E-state index contributed by atoms with van der Waals surface area (Å²) in [5.74, 6) is 0. The van der Waals surface area contributed by atoms with Crippen LogP contribution in [-0.4, -0.2) is 6.29 Å². The Morgan fingerprint density at radius 3 is 1.75 bits per heavy atom. The molecule has 0 saturated heterocycles. The van der Waals surface area contributed by atoms with Gasteiger partial charge in [-0.1, -0.05) is 0 Å². The van der Waals surface area contributed by atoms with Gasteiger partial charge in [-0.15, -0.1) is 0 Å². The fraction of sp³-hybridized carbons (Fsp3) is 0.500. The second kappa shape index (κ2) is 10.5. The maximum atomic E-state index is 8.81. The largest absolute Gasteiger partial charge is 0.304 e. The third kappa shape index (κ3) is 54.8. The molecule has 0 amide bonds. The Morgan fingerprint density at radius 2 is 1.75 bits per heavy atom. The van der Waals surface area contributed by atoms with E-state index in [0.717, 1.165) is 6.29 Å². The Morgan fingerprint density at radius 1 is 1.75 bits per heavy atom. The van der Waals surface area contributed by atoms with Crippen LogP contribution in [0.25, 0.3) is 0 Å². The molecule has 0 aliphatic heterocycles. The number of carbonyl (C=O) groups is 1. The molecule has 0 saturated carbocycles. The second-order valence-electron chi connectivity index (χ2n) is 0.236. The summed E-state index contributed by atoms with van der Waals surface area (Å²) in [7, 11) is 0. The Kier molecular flexibility index (Phi) is 23.3. The van der Waals surface area contributed by atoms with Crippen molar-refractivity contribution in [2.24, 2.45) is 0 Å². The molecule has 0 rings (SSSR count). The normalized spacial score (nSPS) is 3.25. The molecule has 2 heteroatoms. The van der Waals surface area contributed by atoms with Crippen LogP contribution in [-0.2, 0) is 23.4 Å². The molecule has 0 unspecified atom stereocenters. The number of carbonyl (C=O) groups excluding carboxylic acids is 1. The Balaban J connectivity index is 0. The Bertz CT molecular complexity index is 13.5. The van der Waals surface area contributed by atoms with Crippen molar-refractivity contribution in [1.29, 1.82) is 0 Å². The van der Waals surface area contributed by atoms with Gasteiger partial charge in [0.1, 0.15) is 6.29 Å². The zero-order valence-corrected chi connectivity index (χ0v) is 3.83. The van der Waals surface area contributed by atoms with E-state index in [9.17, 15) is 0 Å².